The molecule has 0 aromatic heterocycles. The van der Waals surface area contributed by atoms with Crippen molar-refractivity contribution in [2.24, 2.45) is 0 Å². The van der Waals surface area contributed by atoms with Gasteiger partial charge in [-0.05, 0) is 42.0 Å². The molecule has 3 aromatic carbocycles. The number of hydrogen-bond donors (Lipinski definition) is 1. The number of imide groups is 1. The molecule has 0 aliphatic carbocycles. The lowest BCUT2D eigenvalue weighted by atomic mass is 9.94. The molecule has 1 N–H and O–H groups in total. The Labute approximate surface area is 180 Å². The van der Waals surface area contributed by atoms with Crippen molar-refractivity contribution in [2.75, 3.05) is 20.2 Å². The Morgan fingerprint density at radius 3 is 2.29 bits per heavy atom. The van der Waals surface area contributed by atoms with Crippen molar-refractivity contribution in [3.63, 3.8) is 0 Å². The molecule has 0 bridgehead atoms. The number of ether oxygens (including phenoxy) is 1. The minimum Gasteiger partial charge on any atom is -0.496 e. The summed E-state index contributed by atoms with van der Waals surface area (Å²) in [6.07, 6.45) is 1.32. The highest BCUT2D eigenvalue weighted by Gasteiger charge is 2.32. The van der Waals surface area contributed by atoms with E-state index in [1.54, 1.807) is 19.2 Å². The SMILES string of the molecule is COc1ccccc1CCNC(=O)CCCN1C(=O)c2cccc3cccc(c23)C1=O. The van der Waals surface area contributed by atoms with Crippen molar-refractivity contribution in [1.29, 1.82) is 0 Å². The van der Waals surface area contributed by atoms with Crippen LogP contribution in [0.4, 0.5) is 0 Å². The lowest BCUT2D eigenvalue weighted by molar-refractivity contribution is -0.121. The lowest BCUT2D eigenvalue weighted by Gasteiger charge is -2.27. The molecule has 6 nitrogen and oxygen atoms in total. The van der Waals surface area contributed by atoms with E-state index in [2.05, 4.69) is 5.32 Å². The van der Waals surface area contributed by atoms with Crippen LogP contribution in [-0.4, -0.2) is 42.8 Å². The molecular formula is C25H24N2O4. The number of amides is 3. The van der Waals surface area contributed by atoms with Crippen molar-refractivity contribution < 1.29 is 19.1 Å². The van der Waals surface area contributed by atoms with Crippen molar-refractivity contribution in [2.45, 2.75) is 19.3 Å². The monoisotopic (exact) mass is 416 g/mol. The molecule has 3 amide bonds. The van der Waals surface area contributed by atoms with Gasteiger partial charge >= 0.3 is 0 Å². The fourth-order valence-electron chi connectivity index (χ4n) is 4.02. The standard InChI is InChI=1S/C25H24N2O4/c1-31-21-12-3-2-7-17(21)14-15-26-22(28)13-6-16-27-24(29)19-10-4-8-18-9-5-11-20(23(18)19)25(27)30/h2-5,7-12H,6,13-16H2,1H3,(H,26,28). The summed E-state index contributed by atoms with van der Waals surface area (Å²) in [5.41, 5.74) is 2.10. The molecule has 1 heterocycles. The first-order chi connectivity index (χ1) is 15.1. The number of nitrogens with zero attached hydrogens (tertiary/aromatic N) is 1. The van der Waals surface area contributed by atoms with E-state index in [1.807, 2.05) is 48.5 Å². The Balaban J connectivity index is 1.31. The lowest BCUT2D eigenvalue weighted by Crippen LogP contribution is -2.41. The molecule has 0 spiro atoms. The van der Waals surface area contributed by atoms with Crippen molar-refractivity contribution in [1.82, 2.24) is 10.2 Å². The minimum absolute atomic E-state index is 0.102. The predicted molar refractivity (Wildman–Crippen MR) is 118 cm³/mol. The summed E-state index contributed by atoms with van der Waals surface area (Å²) >= 11 is 0. The van der Waals surface area contributed by atoms with Gasteiger partial charge in [0.25, 0.3) is 11.8 Å². The van der Waals surface area contributed by atoms with Crippen LogP contribution >= 0.6 is 0 Å². The highest BCUT2D eigenvalue weighted by atomic mass is 16.5. The van der Waals surface area contributed by atoms with Gasteiger partial charge in [-0.25, -0.2) is 0 Å². The van der Waals surface area contributed by atoms with Gasteiger partial charge in [-0.2, -0.15) is 0 Å². The van der Waals surface area contributed by atoms with Gasteiger partial charge in [0.05, 0.1) is 7.11 Å². The molecule has 0 unspecified atom stereocenters. The molecule has 3 aromatic rings. The predicted octanol–water partition coefficient (Wildman–Crippen LogP) is 3.58. The van der Waals surface area contributed by atoms with Gasteiger partial charge in [0.15, 0.2) is 0 Å². The molecule has 1 aliphatic heterocycles. The number of para-hydroxylation sites is 1. The van der Waals surface area contributed by atoms with Gasteiger partial charge in [-0.1, -0.05) is 42.5 Å². The van der Waals surface area contributed by atoms with Crippen LogP contribution in [0.15, 0.2) is 60.7 Å². The number of methoxy groups -OCH3 is 1. The summed E-state index contributed by atoms with van der Waals surface area (Å²) in [7, 11) is 1.62. The Morgan fingerprint density at radius 2 is 1.61 bits per heavy atom. The topological polar surface area (TPSA) is 75.7 Å². The van der Waals surface area contributed by atoms with Gasteiger partial charge < -0.3 is 10.1 Å². The van der Waals surface area contributed by atoms with E-state index < -0.39 is 0 Å². The summed E-state index contributed by atoms with van der Waals surface area (Å²) in [4.78, 5) is 39.2. The van der Waals surface area contributed by atoms with Gasteiger partial charge in [0, 0.05) is 36.0 Å². The van der Waals surface area contributed by atoms with Crippen LogP contribution in [0.5, 0.6) is 5.75 Å². The summed E-state index contributed by atoms with van der Waals surface area (Å²) in [6.45, 7) is 0.707. The number of rotatable bonds is 8. The average Bonchev–Trinajstić information content (AvgIpc) is 2.80. The first-order valence-corrected chi connectivity index (χ1v) is 10.4. The van der Waals surface area contributed by atoms with Crippen LogP contribution in [0.3, 0.4) is 0 Å². The van der Waals surface area contributed by atoms with Crippen molar-refractivity contribution >= 4 is 28.5 Å². The third kappa shape index (κ3) is 4.14. The van der Waals surface area contributed by atoms with Crippen molar-refractivity contribution in [3.05, 3.63) is 77.4 Å². The zero-order valence-corrected chi connectivity index (χ0v) is 17.4. The van der Waals surface area contributed by atoms with E-state index in [9.17, 15) is 14.4 Å². The van der Waals surface area contributed by atoms with Crippen LogP contribution in [0, 0.1) is 0 Å². The van der Waals surface area contributed by atoms with Crippen LogP contribution < -0.4 is 10.1 Å². The number of hydrogen-bond acceptors (Lipinski definition) is 4. The van der Waals surface area contributed by atoms with Crippen molar-refractivity contribution in [3.8, 4) is 5.75 Å². The Bertz CT molecular complexity index is 1100. The van der Waals surface area contributed by atoms with Crippen LogP contribution in [0.2, 0.25) is 0 Å². The molecule has 0 atom stereocenters. The molecule has 6 heteroatoms. The summed E-state index contributed by atoms with van der Waals surface area (Å²) < 4.78 is 5.32. The zero-order valence-electron chi connectivity index (χ0n) is 17.4. The van der Waals surface area contributed by atoms with Gasteiger partial charge in [-0.3, -0.25) is 19.3 Å². The third-order valence-corrected chi connectivity index (χ3v) is 5.55. The second-order valence-corrected chi connectivity index (χ2v) is 7.49. The van der Waals surface area contributed by atoms with Crippen LogP contribution in [-0.2, 0) is 11.2 Å². The molecule has 4 rings (SSSR count). The maximum absolute atomic E-state index is 12.9. The van der Waals surface area contributed by atoms with Crippen LogP contribution in [0.25, 0.3) is 10.8 Å². The van der Waals surface area contributed by atoms with Crippen LogP contribution in [0.1, 0.15) is 39.1 Å². The summed E-state index contributed by atoms with van der Waals surface area (Å²) in [5.74, 6) is 0.0974. The summed E-state index contributed by atoms with van der Waals surface area (Å²) in [6, 6.07) is 18.6. The summed E-state index contributed by atoms with van der Waals surface area (Å²) in [5, 5.41) is 4.49. The largest absolute Gasteiger partial charge is 0.496 e. The highest BCUT2D eigenvalue weighted by Crippen LogP contribution is 2.30. The molecular weight excluding hydrogens is 392 g/mol. The van der Waals surface area contributed by atoms with E-state index in [0.29, 0.717) is 35.9 Å². The molecule has 0 saturated carbocycles. The number of benzene rings is 3. The maximum Gasteiger partial charge on any atom is 0.261 e. The fraction of sp³-hybridized carbons (Fsp3) is 0.240. The van der Waals surface area contributed by atoms with E-state index >= 15 is 0 Å². The number of carbonyl (C=O) groups excluding carboxylic acids is 3. The fourth-order valence-corrected chi connectivity index (χ4v) is 4.02. The van der Waals surface area contributed by atoms with Gasteiger partial charge in [0.1, 0.15) is 5.75 Å². The van der Waals surface area contributed by atoms with Gasteiger partial charge in [0.2, 0.25) is 5.91 Å². The number of carbonyl (C=O) groups is 3. The first kappa shape index (κ1) is 20.6. The second kappa shape index (κ2) is 9.00. The number of nitrogens with one attached hydrogen (secondary N) is 1. The highest BCUT2D eigenvalue weighted by molar-refractivity contribution is 6.25. The molecule has 0 radical (unpaired) electrons. The minimum atomic E-state index is -0.300. The second-order valence-electron chi connectivity index (χ2n) is 7.49. The Kier molecular flexibility index (Phi) is 5.98. The molecule has 31 heavy (non-hydrogen) atoms. The molecule has 158 valence electrons. The molecule has 0 saturated heterocycles. The maximum atomic E-state index is 12.9. The normalized spacial score (nSPS) is 12.9. The molecule has 1 aliphatic rings. The van der Waals surface area contributed by atoms with E-state index in [1.165, 1.54) is 4.90 Å². The van der Waals surface area contributed by atoms with E-state index in [4.69, 9.17) is 4.74 Å². The average molecular weight is 416 g/mol. The quantitative estimate of drug-likeness (QED) is 0.570. The Morgan fingerprint density at radius 1 is 0.935 bits per heavy atom. The van der Waals surface area contributed by atoms with E-state index in [0.717, 1.165) is 16.7 Å². The van der Waals surface area contributed by atoms with Gasteiger partial charge in [-0.15, -0.1) is 0 Å². The zero-order chi connectivity index (χ0) is 21.8. The van der Waals surface area contributed by atoms with E-state index in [-0.39, 0.29) is 30.7 Å². The smallest absolute Gasteiger partial charge is 0.261 e. The molecule has 0 fully saturated rings. The third-order valence-electron chi connectivity index (χ3n) is 5.55. The Hall–Kier alpha value is -3.67. The first-order valence-electron chi connectivity index (χ1n) is 10.4.